The van der Waals surface area contributed by atoms with E-state index in [4.69, 9.17) is 11.6 Å². The number of likely N-dealkylation sites (tertiary alicyclic amines) is 1. The number of rotatable bonds is 5. The second-order valence-electron chi connectivity index (χ2n) is 6.32. The Kier molecular flexibility index (Phi) is 6.05. The molecule has 25 heavy (non-hydrogen) atoms. The van der Waals surface area contributed by atoms with E-state index in [0.29, 0.717) is 11.6 Å². The molecular formula is C20H22ClFN2O. The van der Waals surface area contributed by atoms with Gasteiger partial charge in [-0.2, -0.15) is 0 Å². The largest absolute Gasteiger partial charge is 0.350 e. The third-order valence-corrected chi connectivity index (χ3v) is 5.01. The molecule has 0 unspecified atom stereocenters. The minimum Gasteiger partial charge on any atom is -0.350 e. The lowest BCUT2D eigenvalue weighted by Crippen LogP contribution is -2.41. The van der Waals surface area contributed by atoms with E-state index < -0.39 is 11.7 Å². The van der Waals surface area contributed by atoms with Gasteiger partial charge in [-0.15, -0.1) is 0 Å². The number of amides is 1. The van der Waals surface area contributed by atoms with Crippen molar-refractivity contribution in [3.63, 3.8) is 0 Å². The van der Waals surface area contributed by atoms with Crippen LogP contribution < -0.4 is 5.32 Å². The number of hydrogen-bond donors (Lipinski definition) is 1. The van der Waals surface area contributed by atoms with Crippen LogP contribution in [0.3, 0.4) is 0 Å². The summed E-state index contributed by atoms with van der Waals surface area (Å²) in [5.74, 6) is -0.903. The van der Waals surface area contributed by atoms with Gasteiger partial charge in [0.15, 0.2) is 0 Å². The van der Waals surface area contributed by atoms with Crippen molar-refractivity contribution in [1.29, 1.82) is 0 Å². The van der Waals surface area contributed by atoms with Crippen LogP contribution in [0.4, 0.5) is 4.39 Å². The van der Waals surface area contributed by atoms with Crippen molar-refractivity contribution in [2.24, 2.45) is 0 Å². The highest BCUT2D eigenvalue weighted by Crippen LogP contribution is 2.29. The SMILES string of the molecule is O=C(NC[C@H](c1ccccc1Cl)N1CCCCC1)c1ccccc1F. The van der Waals surface area contributed by atoms with Gasteiger partial charge in [0.2, 0.25) is 0 Å². The number of halogens is 2. The summed E-state index contributed by atoms with van der Waals surface area (Å²) in [7, 11) is 0. The van der Waals surface area contributed by atoms with Gasteiger partial charge in [-0.25, -0.2) is 4.39 Å². The maximum Gasteiger partial charge on any atom is 0.254 e. The van der Waals surface area contributed by atoms with Crippen molar-refractivity contribution < 1.29 is 9.18 Å². The first-order valence-electron chi connectivity index (χ1n) is 8.68. The zero-order valence-electron chi connectivity index (χ0n) is 14.1. The third kappa shape index (κ3) is 4.39. The quantitative estimate of drug-likeness (QED) is 0.855. The van der Waals surface area contributed by atoms with Crippen molar-refractivity contribution in [3.8, 4) is 0 Å². The smallest absolute Gasteiger partial charge is 0.254 e. The van der Waals surface area contributed by atoms with Crippen LogP contribution in [0.15, 0.2) is 48.5 Å². The first-order chi connectivity index (χ1) is 12.2. The second-order valence-corrected chi connectivity index (χ2v) is 6.73. The molecule has 1 saturated heterocycles. The van der Waals surface area contributed by atoms with E-state index >= 15 is 0 Å². The first-order valence-corrected chi connectivity index (χ1v) is 9.06. The fourth-order valence-electron chi connectivity index (χ4n) is 3.34. The lowest BCUT2D eigenvalue weighted by atomic mass is 10.0. The molecule has 132 valence electrons. The van der Waals surface area contributed by atoms with E-state index in [2.05, 4.69) is 10.2 Å². The Hall–Kier alpha value is -1.91. The van der Waals surface area contributed by atoms with Crippen molar-refractivity contribution in [2.45, 2.75) is 25.3 Å². The van der Waals surface area contributed by atoms with Crippen LogP contribution in [0.25, 0.3) is 0 Å². The molecular weight excluding hydrogens is 339 g/mol. The highest BCUT2D eigenvalue weighted by Gasteiger charge is 2.25. The molecule has 1 amide bonds. The number of nitrogens with zero attached hydrogens (tertiary/aromatic N) is 1. The molecule has 1 aliphatic heterocycles. The molecule has 0 aromatic heterocycles. The summed E-state index contributed by atoms with van der Waals surface area (Å²) < 4.78 is 13.8. The van der Waals surface area contributed by atoms with Crippen LogP contribution in [0, 0.1) is 5.82 Å². The Balaban J connectivity index is 1.77. The van der Waals surface area contributed by atoms with Crippen LogP contribution >= 0.6 is 11.6 Å². The van der Waals surface area contributed by atoms with Crippen LogP contribution in [0.2, 0.25) is 5.02 Å². The number of piperidine rings is 1. The molecule has 3 rings (SSSR count). The summed E-state index contributed by atoms with van der Waals surface area (Å²) in [5.41, 5.74) is 1.07. The van der Waals surface area contributed by atoms with Crippen molar-refractivity contribution >= 4 is 17.5 Å². The molecule has 0 bridgehead atoms. The molecule has 1 atom stereocenters. The Labute approximate surface area is 152 Å². The van der Waals surface area contributed by atoms with Crippen LogP contribution in [-0.4, -0.2) is 30.4 Å². The van der Waals surface area contributed by atoms with Gasteiger partial charge in [0.1, 0.15) is 5.82 Å². The van der Waals surface area contributed by atoms with Gasteiger partial charge in [-0.05, 0) is 49.7 Å². The van der Waals surface area contributed by atoms with E-state index in [1.54, 1.807) is 12.1 Å². The lowest BCUT2D eigenvalue weighted by Gasteiger charge is -2.35. The van der Waals surface area contributed by atoms with Crippen LogP contribution in [0.5, 0.6) is 0 Å². The van der Waals surface area contributed by atoms with E-state index in [0.717, 1.165) is 31.5 Å². The third-order valence-electron chi connectivity index (χ3n) is 4.67. The first kappa shape index (κ1) is 17.9. The summed E-state index contributed by atoms with van der Waals surface area (Å²) in [6.07, 6.45) is 3.51. The average molecular weight is 361 g/mol. The predicted octanol–water partition coefficient (Wildman–Crippen LogP) is 4.44. The molecule has 1 N–H and O–H groups in total. The van der Waals surface area contributed by atoms with Gasteiger partial charge in [0.25, 0.3) is 5.91 Å². The summed E-state index contributed by atoms with van der Waals surface area (Å²) in [5, 5.41) is 3.58. The predicted molar refractivity (Wildman–Crippen MR) is 98.4 cm³/mol. The number of benzene rings is 2. The van der Waals surface area contributed by atoms with Gasteiger partial charge < -0.3 is 5.32 Å². The second kappa shape index (κ2) is 8.45. The Bertz CT molecular complexity index is 731. The highest BCUT2D eigenvalue weighted by atomic mass is 35.5. The van der Waals surface area contributed by atoms with Crippen LogP contribution in [-0.2, 0) is 0 Å². The molecule has 3 nitrogen and oxygen atoms in total. The Morgan fingerprint density at radius 1 is 1.08 bits per heavy atom. The molecule has 5 heteroatoms. The monoisotopic (exact) mass is 360 g/mol. The maximum absolute atomic E-state index is 13.8. The summed E-state index contributed by atoms with van der Waals surface area (Å²) in [6.45, 7) is 2.35. The fourth-order valence-corrected chi connectivity index (χ4v) is 3.60. The summed E-state index contributed by atoms with van der Waals surface area (Å²) in [4.78, 5) is 14.7. The van der Waals surface area contributed by atoms with Gasteiger partial charge in [-0.3, -0.25) is 9.69 Å². The van der Waals surface area contributed by atoms with E-state index in [1.807, 2.05) is 24.3 Å². The zero-order chi connectivity index (χ0) is 17.6. The normalized spacial score (nSPS) is 16.4. The zero-order valence-corrected chi connectivity index (χ0v) is 14.8. The molecule has 1 aliphatic rings. The summed E-state index contributed by atoms with van der Waals surface area (Å²) >= 11 is 6.40. The standard InChI is InChI=1S/C20H22ClFN2O/c21-17-10-4-2-8-15(17)19(24-12-6-1-7-13-24)14-23-20(25)16-9-3-5-11-18(16)22/h2-5,8-11,19H,1,6-7,12-14H2,(H,23,25)/t19-/m1/s1. The number of hydrogen-bond acceptors (Lipinski definition) is 2. The maximum atomic E-state index is 13.8. The number of nitrogens with one attached hydrogen (secondary N) is 1. The van der Waals surface area contributed by atoms with Crippen molar-refractivity contribution in [2.75, 3.05) is 19.6 Å². The topological polar surface area (TPSA) is 32.3 Å². The lowest BCUT2D eigenvalue weighted by molar-refractivity contribution is 0.0920. The molecule has 1 heterocycles. The van der Waals surface area contributed by atoms with Gasteiger partial charge in [-0.1, -0.05) is 48.4 Å². The van der Waals surface area contributed by atoms with Crippen molar-refractivity contribution in [1.82, 2.24) is 10.2 Å². The summed E-state index contributed by atoms with van der Waals surface area (Å²) in [6, 6.07) is 13.7. The number of carbonyl (C=O) groups is 1. The molecule has 0 spiro atoms. The minimum absolute atomic E-state index is 0.00952. The van der Waals surface area contributed by atoms with Gasteiger partial charge in [0.05, 0.1) is 11.6 Å². The van der Waals surface area contributed by atoms with E-state index in [9.17, 15) is 9.18 Å². The van der Waals surface area contributed by atoms with Crippen LogP contribution in [0.1, 0.15) is 41.2 Å². The van der Waals surface area contributed by atoms with Crippen molar-refractivity contribution in [3.05, 3.63) is 70.5 Å². The minimum atomic E-state index is -0.507. The Morgan fingerprint density at radius 2 is 1.76 bits per heavy atom. The molecule has 2 aromatic carbocycles. The Morgan fingerprint density at radius 3 is 2.48 bits per heavy atom. The van der Waals surface area contributed by atoms with Gasteiger partial charge in [0, 0.05) is 11.6 Å². The molecule has 1 fully saturated rings. The molecule has 0 saturated carbocycles. The van der Waals surface area contributed by atoms with E-state index in [1.165, 1.54) is 18.6 Å². The van der Waals surface area contributed by atoms with Gasteiger partial charge >= 0.3 is 0 Å². The number of carbonyl (C=O) groups excluding carboxylic acids is 1. The van der Waals surface area contributed by atoms with E-state index in [-0.39, 0.29) is 11.6 Å². The highest BCUT2D eigenvalue weighted by molar-refractivity contribution is 6.31. The molecule has 2 aromatic rings. The molecule has 0 aliphatic carbocycles. The molecule has 0 radical (unpaired) electrons. The fraction of sp³-hybridized carbons (Fsp3) is 0.350. The average Bonchev–Trinajstić information content (AvgIpc) is 2.64.